The highest BCUT2D eigenvalue weighted by Gasteiger charge is 2.31. The van der Waals surface area contributed by atoms with E-state index in [1.165, 1.54) is 107 Å². The summed E-state index contributed by atoms with van der Waals surface area (Å²) in [6, 6.07) is 59.9. The van der Waals surface area contributed by atoms with Crippen LogP contribution in [-0.4, -0.2) is 0 Å². The van der Waals surface area contributed by atoms with Crippen LogP contribution in [0.4, 0.5) is 5.69 Å². The van der Waals surface area contributed by atoms with Crippen molar-refractivity contribution in [1.82, 2.24) is 0 Å². The van der Waals surface area contributed by atoms with Crippen LogP contribution < -0.4 is 5.73 Å². The highest BCUT2D eigenvalue weighted by atomic mass is 127. The predicted molar refractivity (Wildman–Crippen MR) is 232 cm³/mol. The van der Waals surface area contributed by atoms with Gasteiger partial charge in [-0.2, -0.15) is 0 Å². The number of fused-ring (bicyclic) bond motifs is 7. The fourth-order valence-corrected chi connectivity index (χ4v) is 8.12. The third kappa shape index (κ3) is 5.00. The lowest BCUT2D eigenvalue weighted by atomic mass is 9.82. The summed E-state index contributed by atoms with van der Waals surface area (Å²) >= 11 is 5.76. The van der Waals surface area contributed by atoms with Crippen LogP contribution in [0.5, 0.6) is 0 Å². The summed E-state index contributed by atoms with van der Waals surface area (Å²) in [5, 5.41) is 10.1. The number of hydrogen-bond donors (Lipinski definition) is 2. The first-order valence-corrected chi connectivity index (χ1v) is 21.0. The third-order valence-electron chi connectivity index (χ3n) is 10.1. The van der Waals surface area contributed by atoms with E-state index in [0.29, 0.717) is 0 Å². The molecule has 0 bridgehead atoms. The monoisotopic (exact) mass is 787 g/mol. The van der Waals surface area contributed by atoms with Gasteiger partial charge in [-0.1, -0.05) is 146 Å². The number of nitrogen functional groups attached to an aromatic ring is 1. The van der Waals surface area contributed by atoms with Crippen molar-refractivity contribution < 1.29 is 0 Å². The minimum Gasteiger partial charge on any atom is -0.399 e. The fourth-order valence-electron chi connectivity index (χ4n) is 8.12. The highest BCUT2D eigenvalue weighted by molar-refractivity contribution is 14.2. The maximum Gasteiger partial charge on any atom is 0.0320 e. The Kier molecular flexibility index (Phi) is 8.03. The first-order valence-electron chi connectivity index (χ1n) is 16.6. The van der Waals surface area contributed by atoms with Gasteiger partial charge in [0.15, 0.2) is 0 Å². The van der Waals surface area contributed by atoms with Crippen LogP contribution in [0.2, 0.25) is 0 Å². The molecule has 0 aliphatic heterocycles. The minimum atomic E-state index is 0.793. The number of halogens is 1. The van der Waals surface area contributed by atoms with E-state index in [1.54, 1.807) is 0 Å². The van der Waals surface area contributed by atoms with E-state index < -0.39 is 0 Å². The number of hydrogen-bond acceptors (Lipinski definition) is 3. The Bertz CT molecular complexity index is 2670. The minimum absolute atomic E-state index is 0.793. The molecule has 0 unspecified atom stereocenters. The lowest BCUT2D eigenvalue weighted by Gasteiger charge is -2.20. The van der Waals surface area contributed by atoms with Crippen molar-refractivity contribution in [3.05, 3.63) is 164 Å². The smallest absolute Gasteiger partial charge is 0.0320 e. The number of anilines is 1. The van der Waals surface area contributed by atoms with Gasteiger partial charge in [0.05, 0.1) is 0 Å². The fraction of sp³-hybridized carbons (Fsp3) is 0. The van der Waals surface area contributed by atoms with Gasteiger partial charge in [-0.15, -0.1) is 11.7 Å². The van der Waals surface area contributed by atoms with Gasteiger partial charge < -0.3 is 5.73 Å². The topological polar surface area (TPSA) is 26.0 Å². The normalized spacial score (nSPS) is 11.6. The van der Waals surface area contributed by atoms with Gasteiger partial charge in [0.2, 0.25) is 0 Å². The molecule has 0 aromatic heterocycles. The van der Waals surface area contributed by atoms with Crippen molar-refractivity contribution in [2.24, 2.45) is 0 Å². The average molecular weight is 788 g/mol. The zero-order chi connectivity index (χ0) is 33.8. The second-order valence-corrected chi connectivity index (χ2v) is 16.8. The SMILES string of the molecule is Nc1ccc2c(ccc3cc(-c4ccc5c6c(cccc46)-c4c-5c(-c5ccccc5)c5ccccc5c4-c4ccccc4)ccc32)c1.SSI. The van der Waals surface area contributed by atoms with Crippen molar-refractivity contribution >= 4 is 89.6 Å². The molecule has 50 heavy (non-hydrogen) atoms. The van der Waals surface area contributed by atoms with E-state index in [2.05, 4.69) is 191 Å². The second-order valence-electron chi connectivity index (χ2n) is 12.7. The maximum atomic E-state index is 6.10. The molecule has 4 heteroatoms. The van der Waals surface area contributed by atoms with Crippen molar-refractivity contribution in [1.29, 1.82) is 0 Å². The Morgan fingerprint density at radius 3 is 1.52 bits per heavy atom. The molecule has 10 rings (SSSR count). The number of rotatable bonds is 3. The molecule has 9 aromatic rings. The van der Waals surface area contributed by atoms with E-state index in [4.69, 9.17) is 5.73 Å². The van der Waals surface area contributed by atoms with Crippen LogP contribution in [0.1, 0.15) is 0 Å². The standard InChI is InChI=1S/C46H29N.HIS2/c47-33-21-23-35-32(27-33)19-18-30-26-31(20-22-34(30)35)36-24-25-41-44-37(36)16-9-17-40(44)45-42(28-10-3-1-4-11-28)38-14-7-8-15-39(38)43(46(41)45)29-12-5-2-6-13-29;1-3-2/h1-27H,47H2;2H. The maximum absolute atomic E-state index is 6.10. The molecule has 2 N–H and O–H groups in total. The largest absolute Gasteiger partial charge is 0.399 e. The van der Waals surface area contributed by atoms with E-state index in [0.717, 1.165) is 5.69 Å². The summed E-state index contributed by atoms with van der Waals surface area (Å²) in [5.74, 6) is 0. The van der Waals surface area contributed by atoms with Crippen LogP contribution >= 0.6 is 40.8 Å². The molecule has 238 valence electrons. The summed E-state index contributed by atoms with van der Waals surface area (Å²) in [5.41, 5.74) is 19.7. The van der Waals surface area contributed by atoms with Gasteiger partial charge in [-0.3, -0.25) is 0 Å². The zero-order valence-corrected chi connectivity index (χ0v) is 30.8. The Balaban J connectivity index is 0.00000109. The first kappa shape index (κ1) is 31.2. The molecule has 0 fully saturated rings. The van der Waals surface area contributed by atoms with Crippen LogP contribution in [-0.2, 0) is 0 Å². The van der Waals surface area contributed by atoms with Gasteiger partial charge in [0, 0.05) is 26.9 Å². The first-order chi connectivity index (χ1) is 24.7. The van der Waals surface area contributed by atoms with E-state index >= 15 is 0 Å². The van der Waals surface area contributed by atoms with Crippen LogP contribution in [0, 0.1) is 0 Å². The molecule has 0 saturated heterocycles. The number of thiol groups is 1. The Morgan fingerprint density at radius 2 is 0.900 bits per heavy atom. The average Bonchev–Trinajstić information content (AvgIpc) is 3.49. The molecule has 1 aliphatic rings. The summed E-state index contributed by atoms with van der Waals surface area (Å²) < 4.78 is 0. The Morgan fingerprint density at radius 1 is 0.400 bits per heavy atom. The number of nitrogens with two attached hydrogens (primary N) is 1. The van der Waals surface area contributed by atoms with E-state index in [9.17, 15) is 0 Å². The van der Waals surface area contributed by atoms with Gasteiger partial charge >= 0.3 is 0 Å². The Labute approximate surface area is 312 Å². The molecule has 0 spiro atoms. The molecule has 0 amide bonds. The van der Waals surface area contributed by atoms with Crippen molar-refractivity contribution in [2.75, 3.05) is 5.73 Å². The zero-order valence-electron chi connectivity index (χ0n) is 26.9. The van der Waals surface area contributed by atoms with Gasteiger partial charge in [-0.05, 0) is 125 Å². The van der Waals surface area contributed by atoms with Crippen LogP contribution in [0.25, 0.3) is 98.7 Å². The van der Waals surface area contributed by atoms with Gasteiger partial charge in [0.1, 0.15) is 0 Å². The highest BCUT2D eigenvalue weighted by Crippen LogP contribution is 2.58. The number of benzene rings is 9. The molecule has 1 nitrogen and oxygen atoms in total. The molecule has 0 atom stereocenters. The lowest BCUT2D eigenvalue weighted by molar-refractivity contribution is 1.62. The quantitative estimate of drug-likeness (QED) is 0.0613. The summed E-state index contributed by atoms with van der Waals surface area (Å²) in [7, 11) is 1.41. The molecule has 0 saturated carbocycles. The van der Waals surface area contributed by atoms with Crippen LogP contribution in [0.3, 0.4) is 0 Å². The van der Waals surface area contributed by atoms with Gasteiger partial charge in [-0.25, -0.2) is 0 Å². The molecule has 9 aromatic carbocycles. The second kappa shape index (κ2) is 12.9. The molecular weight excluding hydrogens is 758 g/mol. The van der Waals surface area contributed by atoms with E-state index in [-0.39, 0.29) is 0 Å². The summed E-state index contributed by atoms with van der Waals surface area (Å²) in [6.45, 7) is 0. The predicted octanol–water partition coefficient (Wildman–Crippen LogP) is 14.4. The van der Waals surface area contributed by atoms with E-state index in [1.807, 2.05) is 6.07 Å². The molecular formula is C46H30INS2. The molecule has 0 radical (unpaired) electrons. The Hall–Kier alpha value is -4.75. The molecule has 1 aliphatic carbocycles. The van der Waals surface area contributed by atoms with Crippen molar-refractivity contribution in [3.8, 4) is 55.6 Å². The van der Waals surface area contributed by atoms with Crippen LogP contribution in [0.15, 0.2) is 164 Å². The molecule has 0 heterocycles. The third-order valence-corrected chi connectivity index (χ3v) is 10.1. The summed E-state index contributed by atoms with van der Waals surface area (Å²) in [4.78, 5) is 0. The summed E-state index contributed by atoms with van der Waals surface area (Å²) in [6.07, 6.45) is 0. The van der Waals surface area contributed by atoms with Crippen molar-refractivity contribution in [2.45, 2.75) is 0 Å². The lowest BCUT2D eigenvalue weighted by Crippen LogP contribution is -1.93. The van der Waals surface area contributed by atoms with Crippen molar-refractivity contribution in [3.63, 3.8) is 0 Å². The van der Waals surface area contributed by atoms with Gasteiger partial charge in [0.25, 0.3) is 0 Å².